The number of aliphatic imine (C=N–C) groups is 1. The predicted octanol–water partition coefficient (Wildman–Crippen LogP) is 3.40. The lowest BCUT2D eigenvalue weighted by Gasteiger charge is -2.33. The van der Waals surface area contributed by atoms with Crippen molar-refractivity contribution in [3.63, 3.8) is 0 Å². The van der Waals surface area contributed by atoms with E-state index in [4.69, 9.17) is 4.99 Å². The highest BCUT2D eigenvalue weighted by molar-refractivity contribution is 14.0. The number of guanidine groups is 1. The van der Waals surface area contributed by atoms with Crippen LogP contribution in [0.25, 0.3) is 0 Å². The molecule has 7 heteroatoms. The van der Waals surface area contributed by atoms with Crippen LogP contribution >= 0.6 is 24.0 Å². The second-order valence-corrected chi connectivity index (χ2v) is 8.47. The average molecular weight is 550 g/mol. The molecule has 6 nitrogen and oxygen atoms in total. The van der Waals surface area contributed by atoms with E-state index in [0.717, 1.165) is 38.0 Å². The molecular weight excluding hydrogens is 513 g/mol. The third kappa shape index (κ3) is 8.78. The summed E-state index contributed by atoms with van der Waals surface area (Å²) < 4.78 is 0. The number of aryl methyl sites for hydroxylation is 1. The molecule has 0 spiro atoms. The first-order chi connectivity index (χ1) is 15.0. The fourth-order valence-corrected chi connectivity index (χ4v) is 3.60. The Labute approximate surface area is 209 Å². The number of carbonyl (C=O) groups is 1. The lowest BCUT2D eigenvalue weighted by atomic mass is 10.0. The number of nitrogens with zero attached hydrogens (tertiary/aromatic N) is 3. The molecule has 2 N–H and O–H groups in total. The number of halogens is 1. The van der Waals surface area contributed by atoms with Gasteiger partial charge in [-0.1, -0.05) is 60.2 Å². The standard InChI is InChI=1S/C25H35N5O.HI/c1-20-9-11-21(12-10-20)17-26-25(27-18-24(31)29(2)3)28-23-13-15-30(16-14-23)19-22-7-5-4-6-8-22;/h4-12,23H,13-19H2,1-3H3,(H2,26,27,28);1H. The lowest BCUT2D eigenvalue weighted by Crippen LogP contribution is -2.50. The number of nitrogens with one attached hydrogen (secondary N) is 2. The van der Waals surface area contributed by atoms with Gasteiger partial charge in [-0.2, -0.15) is 0 Å². The van der Waals surface area contributed by atoms with Gasteiger partial charge in [-0.25, -0.2) is 4.99 Å². The van der Waals surface area contributed by atoms with Gasteiger partial charge in [0.1, 0.15) is 0 Å². The van der Waals surface area contributed by atoms with Crippen LogP contribution in [0.3, 0.4) is 0 Å². The Bertz CT molecular complexity index is 846. The van der Waals surface area contributed by atoms with Crippen LogP contribution in [0.1, 0.15) is 29.5 Å². The molecule has 0 saturated carbocycles. The number of benzene rings is 2. The number of piperidine rings is 1. The molecule has 0 aliphatic carbocycles. The molecule has 32 heavy (non-hydrogen) atoms. The first kappa shape index (κ1) is 26.1. The minimum absolute atomic E-state index is 0. The summed E-state index contributed by atoms with van der Waals surface area (Å²) in [5, 5.41) is 6.77. The monoisotopic (exact) mass is 549 g/mol. The minimum atomic E-state index is 0. The summed E-state index contributed by atoms with van der Waals surface area (Å²) in [6.45, 7) is 6.00. The zero-order valence-corrected chi connectivity index (χ0v) is 21.7. The number of hydrogen-bond donors (Lipinski definition) is 2. The molecule has 1 aliphatic heterocycles. The third-order valence-electron chi connectivity index (χ3n) is 5.62. The fraction of sp³-hybridized carbons (Fsp3) is 0.440. The normalized spacial score (nSPS) is 15.0. The Hall–Kier alpha value is -2.13. The molecular formula is C25H36IN5O. The van der Waals surface area contributed by atoms with Crippen LogP contribution in [-0.2, 0) is 17.9 Å². The molecule has 1 saturated heterocycles. The van der Waals surface area contributed by atoms with Crippen molar-refractivity contribution in [1.82, 2.24) is 20.4 Å². The number of rotatable bonds is 7. The largest absolute Gasteiger partial charge is 0.354 e. The smallest absolute Gasteiger partial charge is 0.241 e. The molecule has 1 fully saturated rings. The molecule has 2 aromatic carbocycles. The zero-order chi connectivity index (χ0) is 22.1. The van der Waals surface area contributed by atoms with Gasteiger partial charge in [0.2, 0.25) is 5.91 Å². The molecule has 1 aliphatic rings. The Balaban J connectivity index is 0.00000363. The molecule has 0 unspecified atom stereocenters. The quantitative estimate of drug-likeness (QED) is 0.316. The minimum Gasteiger partial charge on any atom is -0.354 e. The Morgan fingerprint density at radius 1 is 1.03 bits per heavy atom. The molecule has 0 atom stereocenters. The lowest BCUT2D eigenvalue weighted by molar-refractivity contribution is -0.127. The maximum absolute atomic E-state index is 12.0. The van der Waals surface area contributed by atoms with Gasteiger partial charge >= 0.3 is 0 Å². The van der Waals surface area contributed by atoms with Gasteiger partial charge < -0.3 is 15.5 Å². The second kappa shape index (κ2) is 13.4. The summed E-state index contributed by atoms with van der Waals surface area (Å²) in [6.07, 6.45) is 2.11. The summed E-state index contributed by atoms with van der Waals surface area (Å²) in [5.41, 5.74) is 3.75. The van der Waals surface area contributed by atoms with Crippen LogP contribution in [0.15, 0.2) is 59.6 Å². The van der Waals surface area contributed by atoms with Gasteiger partial charge in [0.15, 0.2) is 5.96 Å². The highest BCUT2D eigenvalue weighted by Crippen LogP contribution is 2.14. The van der Waals surface area contributed by atoms with E-state index in [9.17, 15) is 4.79 Å². The zero-order valence-electron chi connectivity index (χ0n) is 19.4. The van der Waals surface area contributed by atoms with Crippen molar-refractivity contribution in [3.8, 4) is 0 Å². The van der Waals surface area contributed by atoms with E-state index in [1.165, 1.54) is 11.1 Å². The number of carbonyl (C=O) groups excluding carboxylic acids is 1. The van der Waals surface area contributed by atoms with Crippen molar-refractivity contribution >= 4 is 35.8 Å². The molecule has 3 rings (SSSR count). The number of hydrogen-bond acceptors (Lipinski definition) is 3. The first-order valence-corrected chi connectivity index (χ1v) is 11.1. The summed E-state index contributed by atoms with van der Waals surface area (Å²) >= 11 is 0. The molecule has 2 aromatic rings. The SMILES string of the molecule is Cc1ccc(CN=C(NCC(=O)N(C)C)NC2CCN(Cc3ccccc3)CC2)cc1.I. The van der Waals surface area contributed by atoms with Crippen LogP contribution in [0, 0.1) is 6.92 Å². The van der Waals surface area contributed by atoms with E-state index in [2.05, 4.69) is 77.1 Å². The van der Waals surface area contributed by atoms with Crippen molar-refractivity contribution in [1.29, 1.82) is 0 Å². The van der Waals surface area contributed by atoms with E-state index in [0.29, 0.717) is 18.5 Å². The Morgan fingerprint density at radius 2 is 1.69 bits per heavy atom. The van der Waals surface area contributed by atoms with Gasteiger partial charge in [0, 0.05) is 39.8 Å². The Kier molecular flexibility index (Phi) is 11.0. The van der Waals surface area contributed by atoms with E-state index in [1.54, 1.807) is 19.0 Å². The van der Waals surface area contributed by atoms with Gasteiger partial charge in [0.25, 0.3) is 0 Å². The van der Waals surface area contributed by atoms with Crippen molar-refractivity contribution in [2.24, 2.45) is 4.99 Å². The summed E-state index contributed by atoms with van der Waals surface area (Å²) in [6, 6.07) is 19.4. The highest BCUT2D eigenvalue weighted by Gasteiger charge is 2.20. The number of amides is 1. The summed E-state index contributed by atoms with van der Waals surface area (Å²) in [4.78, 5) is 20.9. The van der Waals surface area contributed by atoms with Crippen molar-refractivity contribution < 1.29 is 4.79 Å². The second-order valence-electron chi connectivity index (χ2n) is 8.47. The molecule has 0 radical (unpaired) electrons. The molecule has 174 valence electrons. The molecule has 0 aromatic heterocycles. The fourth-order valence-electron chi connectivity index (χ4n) is 3.60. The number of likely N-dealkylation sites (N-methyl/N-ethyl adjacent to an activating group) is 1. The van der Waals surface area contributed by atoms with Gasteiger partial charge in [0.05, 0.1) is 13.1 Å². The van der Waals surface area contributed by atoms with Gasteiger partial charge in [-0.05, 0) is 30.9 Å². The van der Waals surface area contributed by atoms with Crippen LogP contribution < -0.4 is 10.6 Å². The van der Waals surface area contributed by atoms with Crippen molar-refractivity contribution in [2.75, 3.05) is 33.7 Å². The highest BCUT2D eigenvalue weighted by atomic mass is 127. The van der Waals surface area contributed by atoms with Crippen LogP contribution in [0.4, 0.5) is 0 Å². The topological polar surface area (TPSA) is 60.0 Å². The maximum Gasteiger partial charge on any atom is 0.241 e. The van der Waals surface area contributed by atoms with Gasteiger partial charge in [-0.15, -0.1) is 24.0 Å². The van der Waals surface area contributed by atoms with Crippen LogP contribution in [-0.4, -0.2) is 61.4 Å². The van der Waals surface area contributed by atoms with E-state index in [-0.39, 0.29) is 36.4 Å². The third-order valence-corrected chi connectivity index (χ3v) is 5.62. The van der Waals surface area contributed by atoms with E-state index in [1.807, 2.05) is 0 Å². The molecule has 1 heterocycles. The predicted molar refractivity (Wildman–Crippen MR) is 142 cm³/mol. The maximum atomic E-state index is 12.0. The van der Waals surface area contributed by atoms with E-state index >= 15 is 0 Å². The van der Waals surface area contributed by atoms with Gasteiger partial charge in [-0.3, -0.25) is 9.69 Å². The van der Waals surface area contributed by atoms with Crippen LogP contribution in [0.5, 0.6) is 0 Å². The summed E-state index contributed by atoms with van der Waals surface area (Å²) in [7, 11) is 3.53. The average Bonchev–Trinajstić information content (AvgIpc) is 2.78. The molecule has 1 amide bonds. The van der Waals surface area contributed by atoms with Crippen molar-refractivity contribution in [2.45, 2.75) is 38.9 Å². The first-order valence-electron chi connectivity index (χ1n) is 11.1. The van der Waals surface area contributed by atoms with Crippen LogP contribution in [0.2, 0.25) is 0 Å². The molecule has 0 bridgehead atoms. The van der Waals surface area contributed by atoms with Crippen molar-refractivity contribution in [3.05, 3.63) is 71.3 Å². The Morgan fingerprint density at radius 3 is 2.31 bits per heavy atom. The number of likely N-dealkylation sites (tertiary alicyclic amines) is 1. The van der Waals surface area contributed by atoms with E-state index < -0.39 is 0 Å². The summed E-state index contributed by atoms with van der Waals surface area (Å²) in [5.74, 6) is 0.736.